The van der Waals surface area contributed by atoms with Crippen LogP contribution in [0.2, 0.25) is 0 Å². The van der Waals surface area contributed by atoms with E-state index in [0.717, 1.165) is 5.56 Å². The number of rotatable bonds is 9. The highest BCUT2D eigenvalue weighted by molar-refractivity contribution is 6.06. The molecule has 0 saturated heterocycles. The summed E-state index contributed by atoms with van der Waals surface area (Å²) in [7, 11) is 1.56. The van der Waals surface area contributed by atoms with E-state index in [2.05, 4.69) is 0 Å². The number of carbonyl (C=O) groups excluding carboxylic acids is 2. The molecule has 0 unspecified atom stereocenters. The lowest BCUT2D eigenvalue weighted by Crippen LogP contribution is -2.34. The fourth-order valence-corrected chi connectivity index (χ4v) is 3.19. The van der Waals surface area contributed by atoms with Crippen LogP contribution in [0, 0.1) is 0 Å². The molecule has 3 rings (SSSR count). The van der Waals surface area contributed by atoms with Crippen molar-refractivity contribution in [1.82, 2.24) is 4.90 Å². The summed E-state index contributed by atoms with van der Waals surface area (Å²) in [4.78, 5) is 26.3. The second-order valence-electron chi connectivity index (χ2n) is 6.82. The first-order valence-electron chi connectivity index (χ1n) is 10.3. The Morgan fingerprint density at radius 1 is 1.06 bits per heavy atom. The number of hydrogen-bond acceptors (Lipinski definition) is 6. The lowest BCUT2D eigenvalue weighted by Gasteiger charge is -2.20. The van der Waals surface area contributed by atoms with Crippen LogP contribution in [0.5, 0.6) is 23.0 Å². The van der Waals surface area contributed by atoms with E-state index in [1.165, 1.54) is 6.08 Å². The number of hydrogen-bond donors (Lipinski definition) is 0. The Morgan fingerprint density at radius 2 is 1.77 bits per heavy atom. The Bertz CT molecular complexity index is 930. The monoisotopic (exact) mass is 425 g/mol. The number of amides is 1. The predicted molar refractivity (Wildman–Crippen MR) is 117 cm³/mol. The fourth-order valence-electron chi connectivity index (χ4n) is 3.19. The second kappa shape index (κ2) is 10.5. The van der Waals surface area contributed by atoms with Crippen molar-refractivity contribution >= 4 is 17.8 Å². The predicted octanol–water partition coefficient (Wildman–Crippen LogP) is 3.61. The normalized spacial score (nSPS) is 12.5. The van der Waals surface area contributed by atoms with E-state index in [4.69, 9.17) is 18.9 Å². The van der Waals surface area contributed by atoms with Crippen LogP contribution >= 0.6 is 0 Å². The van der Waals surface area contributed by atoms with Crippen LogP contribution in [0.1, 0.15) is 29.8 Å². The van der Waals surface area contributed by atoms with Gasteiger partial charge in [-0.25, -0.2) is 0 Å². The smallest absolute Gasteiger partial charge is 0.260 e. The van der Waals surface area contributed by atoms with Gasteiger partial charge in [-0.3, -0.25) is 9.59 Å². The number of nitrogens with zero attached hydrogens (tertiary/aromatic N) is 1. The molecule has 0 saturated carbocycles. The van der Waals surface area contributed by atoms with E-state index in [-0.39, 0.29) is 18.3 Å². The maximum absolute atomic E-state index is 12.5. The number of methoxy groups -OCH3 is 1. The number of benzene rings is 2. The number of fused-ring (bicyclic) bond motifs is 1. The summed E-state index contributed by atoms with van der Waals surface area (Å²) in [6.45, 7) is 6.06. The summed E-state index contributed by atoms with van der Waals surface area (Å²) in [5.74, 6) is 2.05. The van der Waals surface area contributed by atoms with Crippen molar-refractivity contribution < 1.29 is 28.5 Å². The van der Waals surface area contributed by atoms with Crippen molar-refractivity contribution in [1.29, 1.82) is 0 Å². The van der Waals surface area contributed by atoms with Gasteiger partial charge in [0.05, 0.1) is 7.11 Å². The maximum Gasteiger partial charge on any atom is 0.260 e. The van der Waals surface area contributed by atoms with Crippen molar-refractivity contribution in [3.05, 3.63) is 53.6 Å². The Labute approximate surface area is 182 Å². The Morgan fingerprint density at radius 3 is 2.45 bits per heavy atom. The first-order chi connectivity index (χ1) is 15.0. The molecule has 164 valence electrons. The van der Waals surface area contributed by atoms with Gasteiger partial charge >= 0.3 is 0 Å². The molecule has 31 heavy (non-hydrogen) atoms. The van der Waals surface area contributed by atoms with E-state index in [0.29, 0.717) is 54.9 Å². The second-order valence-corrected chi connectivity index (χ2v) is 6.82. The molecule has 2 aromatic carbocycles. The SMILES string of the molecule is CCN(CC)C(=O)COc1ccc(C(=O)/C=C/c2cc(OC)c3c(c2)OCCO3)cc1. The van der Waals surface area contributed by atoms with Gasteiger partial charge in [0.25, 0.3) is 5.91 Å². The largest absolute Gasteiger partial charge is 0.493 e. The van der Waals surface area contributed by atoms with Crippen molar-refractivity contribution in [2.24, 2.45) is 0 Å². The quantitative estimate of drug-likeness (QED) is 0.451. The van der Waals surface area contributed by atoms with Crippen molar-refractivity contribution in [2.75, 3.05) is 40.0 Å². The summed E-state index contributed by atoms with van der Waals surface area (Å²) in [5.41, 5.74) is 1.28. The standard InChI is InChI=1S/C24H27NO6/c1-4-25(5-2)23(27)16-31-19-9-7-18(8-10-19)20(26)11-6-17-14-21(28-3)24-22(15-17)29-12-13-30-24/h6-11,14-15H,4-5,12-13,16H2,1-3H3/b11-6+. The molecule has 0 atom stereocenters. The summed E-state index contributed by atoms with van der Waals surface area (Å²) in [6, 6.07) is 10.3. The van der Waals surface area contributed by atoms with Crippen molar-refractivity contribution in [3.8, 4) is 23.0 Å². The molecule has 0 fully saturated rings. The van der Waals surface area contributed by atoms with Crippen LogP contribution in [-0.2, 0) is 4.79 Å². The molecular weight excluding hydrogens is 398 g/mol. The summed E-state index contributed by atoms with van der Waals surface area (Å²) in [6.07, 6.45) is 3.20. The molecule has 1 aliphatic heterocycles. The zero-order chi connectivity index (χ0) is 22.2. The molecule has 7 heteroatoms. The Balaban J connectivity index is 1.63. The first kappa shape index (κ1) is 22.2. The highest BCUT2D eigenvalue weighted by atomic mass is 16.6. The van der Waals surface area contributed by atoms with Gasteiger partial charge in [0.15, 0.2) is 23.9 Å². The number of likely N-dealkylation sites (N-methyl/N-ethyl adjacent to an activating group) is 1. The molecule has 2 aromatic rings. The van der Waals surface area contributed by atoms with Crippen LogP contribution in [0.25, 0.3) is 6.08 Å². The number of allylic oxidation sites excluding steroid dienone is 1. The van der Waals surface area contributed by atoms with Gasteiger partial charge in [-0.15, -0.1) is 0 Å². The van der Waals surface area contributed by atoms with Gasteiger partial charge in [0.1, 0.15) is 19.0 Å². The van der Waals surface area contributed by atoms with E-state index >= 15 is 0 Å². The third kappa shape index (κ3) is 5.57. The molecule has 1 aliphatic rings. The van der Waals surface area contributed by atoms with E-state index < -0.39 is 0 Å². The molecule has 1 amide bonds. The maximum atomic E-state index is 12.5. The molecule has 7 nitrogen and oxygen atoms in total. The highest BCUT2D eigenvalue weighted by Crippen LogP contribution is 2.40. The average molecular weight is 425 g/mol. The van der Waals surface area contributed by atoms with Gasteiger partial charge in [-0.1, -0.05) is 6.08 Å². The fraction of sp³-hybridized carbons (Fsp3) is 0.333. The minimum atomic E-state index is -0.153. The molecule has 0 aliphatic carbocycles. The van der Waals surface area contributed by atoms with E-state index in [1.54, 1.807) is 48.4 Å². The number of ketones is 1. The third-order valence-corrected chi connectivity index (χ3v) is 4.89. The van der Waals surface area contributed by atoms with Crippen LogP contribution < -0.4 is 18.9 Å². The number of carbonyl (C=O) groups is 2. The van der Waals surface area contributed by atoms with Crippen LogP contribution in [-0.4, -0.2) is 56.6 Å². The van der Waals surface area contributed by atoms with Gasteiger partial charge in [0.2, 0.25) is 5.75 Å². The Kier molecular flexibility index (Phi) is 7.54. The summed E-state index contributed by atoms with van der Waals surface area (Å²) < 4.78 is 22.1. The van der Waals surface area contributed by atoms with Gasteiger partial charge in [0, 0.05) is 18.7 Å². The lowest BCUT2D eigenvalue weighted by atomic mass is 10.1. The highest BCUT2D eigenvalue weighted by Gasteiger charge is 2.18. The third-order valence-electron chi connectivity index (χ3n) is 4.89. The average Bonchev–Trinajstić information content (AvgIpc) is 2.81. The van der Waals surface area contributed by atoms with Crippen molar-refractivity contribution in [2.45, 2.75) is 13.8 Å². The zero-order valence-electron chi connectivity index (χ0n) is 18.1. The van der Waals surface area contributed by atoms with E-state index in [1.807, 2.05) is 19.9 Å². The molecule has 0 aromatic heterocycles. The van der Waals surface area contributed by atoms with Gasteiger partial charge in [-0.05, 0) is 61.9 Å². The van der Waals surface area contributed by atoms with Crippen molar-refractivity contribution in [3.63, 3.8) is 0 Å². The van der Waals surface area contributed by atoms with Crippen LogP contribution in [0.3, 0.4) is 0 Å². The minimum Gasteiger partial charge on any atom is -0.493 e. The topological polar surface area (TPSA) is 74.3 Å². The number of ether oxygens (including phenoxy) is 4. The Hall–Kier alpha value is -3.48. The van der Waals surface area contributed by atoms with Crippen LogP contribution in [0.4, 0.5) is 0 Å². The molecule has 0 N–H and O–H groups in total. The molecule has 0 spiro atoms. The minimum absolute atomic E-state index is 0.0270. The lowest BCUT2D eigenvalue weighted by molar-refractivity contribution is -0.132. The molecule has 1 heterocycles. The van der Waals surface area contributed by atoms with Gasteiger partial charge < -0.3 is 23.8 Å². The molecular formula is C24H27NO6. The summed E-state index contributed by atoms with van der Waals surface area (Å²) in [5, 5.41) is 0. The first-order valence-corrected chi connectivity index (χ1v) is 10.3. The summed E-state index contributed by atoms with van der Waals surface area (Å²) >= 11 is 0. The molecule has 0 radical (unpaired) electrons. The zero-order valence-corrected chi connectivity index (χ0v) is 18.1. The molecule has 0 bridgehead atoms. The van der Waals surface area contributed by atoms with Gasteiger partial charge in [-0.2, -0.15) is 0 Å². The van der Waals surface area contributed by atoms with E-state index in [9.17, 15) is 9.59 Å². The van der Waals surface area contributed by atoms with Crippen LogP contribution in [0.15, 0.2) is 42.5 Å².